The molecule has 27 heavy (non-hydrogen) atoms. The summed E-state index contributed by atoms with van der Waals surface area (Å²) >= 11 is 0. The van der Waals surface area contributed by atoms with E-state index in [0.29, 0.717) is 11.3 Å². The fourth-order valence-corrected chi connectivity index (χ4v) is 2.80. The lowest BCUT2D eigenvalue weighted by atomic mass is 10.0. The average Bonchev–Trinajstić information content (AvgIpc) is 3.04. The van der Waals surface area contributed by atoms with Crippen molar-refractivity contribution in [3.63, 3.8) is 0 Å². The minimum Gasteiger partial charge on any atom is -0.265 e. The van der Waals surface area contributed by atoms with Gasteiger partial charge in [0.2, 0.25) is 0 Å². The minimum atomic E-state index is -0.245. The number of hydrogen-bond acceptors (Lipinski definition) is 3. The second-order valence-electron chi connectivity index (χ2n) is 6.03. The van der Waals surface area contributed by atoms with Gasteiger partial charge >= 0.3 is 0 Å². The number of hydrogen-bond donors (Lipinski definition) is 0. The summed E-state index contributed by atoms with van der Waals surface area (Å²) in [6.07, 6.45) is 3.49. The molecule has 0 saturated carbocycles. The standard InChI is InChI=1S/C23H17N3O/c27-23-21(16-18-10-4-1-5-11-18)22(20-14-8-3-9-15-20)25-26(23)24-17-19-12-6-2-7-13-19/h1-17H/b21-16-,24-17-. The molecule has 0 radical (unpaired) electrons. The molecular weight excluding hydrogens is 334 g/mol. The van der Waals surface area contributed by atoms with Gasteiger partial charge < -0.3 is 0 Å². The van der Waals surface area contributed by atoms with Crippen molar-refractivity contribution in [3.8, 4) is 0 Å². The van der Waals surface area contributed by atoms with Crippen LogP contribution in [0.5, 0.6) is 0 Å². The Morgan fingerprint density at radius 2 is 1.30 bits per heavy atom. The van der Waals surface area contributed by atoms with E-state index in [0.717, 1.165) is 21.8 Å². The SMILES string of the molecule is O=C1/C(=C\c2ccccc2)C(c2ccccc2)=NN1/N=C\c1ccccc1. The highest BCUT2D eigenvalue weighted by Gasteiger charge is 2.30. The molecule has 3 aromatic carbocycles. The van der Waals surface area contributed by atoms with Crippen molar-refractivity contribution in [3.05, 3.63) is 113 Å². The van der Waals surface area contributed by atoms with E-state index < -0.39 is 0 Å². The van der Waals surface area contributed by atoms with E-state index in [1.807, 2.05) is 97.1 Å². The molecule has 4 nitrogen and oxygen atoms in total. The first kappa shape index (κ1) is 16.7. The molecule has 0 fully saturated rings. The highest BCUT2D eigenvalue weighted by atomic mass is 16.2. The summed E-state index contributed by atoms with van der Waals surface area (Å²) in [7, 11) is 0. The molecule has 1 aliphatic rings. The molecule has 4 rings (SSSR count). The van der Waals surface area contributed by atoms with Crippen molar-refractivity contribution in [2.75, 3.05) is 0 Å². The predicted octanol–water partition coefficient (Wildman–Crippen LogP) is 4.35. The lowest BCUT2D eigenvalue weighted by molar-refractivity contribution is -0.125. The van der Waals surface area contributed by atoms with Crippen LogP contribution in [0.25, 0.3) is 6.08 Å². The van der Waals surface area contributed by atoms with Crippen LogP contribution < -0.4 is 0 Å². The molecule has 3 aromatic rings. The van der Waals surface area contributed by atoms with Crippen molar-refractivity contribution >= 4 is 23.9 Å². The van der Waals surface area contributed by atoms with Crippen LogP contribution in [-0.4, -0.2) is 23.0 Å². The van der Waals surface area contributed by atoms with E-state index in [1.54, 1.807) is 6.21 Å². The van der Waals surface area contributed by atoms with Crippen molar-refractivity contribution in [2.45, 2.75) is 0 Å². The third-order valence-corrected chi connectivity index (χ3v) is 4.14. The van der Waals surface area contributed by atoms with Crippen LogP contribution in [0.2, 0.25) is 0 Å². The van der Waals surface area contributed by atoms with Gasteiger partial charge in [0.05, 0.1) is 11.8 Å². The third-order valence-electron chi connectivity index (χ3n) is 4.14. The van der Waals surface area contributed by atoms with Crippen molar-refractivity contribution in [1.82, 2.24) is 5.12 Å². The molecule has 0 unspecified atom stereocenters. The molecule has 0 saturated heterocycles. The smallest absolute Gasteiger partial charge is 0.265 e. The van der Waals surface area contributed by atoms with E-state index in [2.05, 4.69) is 10.2 Å². The van der Waals surface area contributed by atoms with E-state index >= 15 is 0 Å². The maximum absolute atomic E-state index is 12.9. The molecule has 130 valence electrons. The Balaban J connectivity index is 1.72. The largest absolute Gasteiger partial charge is 0.297 e. The zero-order valence-corrected chi connectivity index (χ0v) is 14.6. The molecule has 1 amide bonds. The number of amides is 1. The Morgan fingerprint density at radius 3 is 1.93 bits per heavy atom. The molecule has 0 N–H and O–H groups in total. The summed E-state index contributed by atoms with van der Waals surface area (Å²) in [6, 6.07) is 29.0. The first-order valence-corrected chi connectivity index (χ1v) is 8.66. The summed E-state index contributed by atoms with van der Waals surface area (Å²) in [4.78, 5) is 12.9. The van der Waals surface area contributed by atoms with E-state index in [9.17, 15) is 4.79 Å². The van der Waals surface area contributed by atoms with Gasteiger partial charge in [-0.3, -0.25) is 4.79 Å². The fourth-order valence-electron chi connectivity index (χ4n) is 2.80. The molecule has 0 bridgehead atoms. The number of hydrazone groups is 2. The maximum atomic E-state index is 12.9. The summed E-state index contributed by atoms with van der Waals surface area (Å²) in [6.45, 7) is 0. The van der Waals surface area contributed by atoms with Gasteiger partial charge in [0.25, 0.3) is 5.91 Å². The Kier molecular flexibility index (Phi) is 4.70. The van der Waals surface area contributed by atoms with Gasteiger partial charge in [0.1, 0.15) is 5.71 Å². The van der Waals surface area contributed by atoms with E-state index in [1.165, 1.54) is 0 Å². The van der Waals surface area contributed by atoms with Crippen molar-refractivity contribution in [2.24, 2.45) is 10.2 Å². The van der Waals surface area contributed by atoms with Crippen LogP contribution in [-0.2, 0) is 4.79 Å². The van der Waals surface area contributed by atoms with Gasteiger partial charge in [-0.15, -0.1) is 10.2 Å². The Bertz CT molecular complexity index is 1020. The molecule has 4 heteroatoms. The number of carbonyl (C=O) groups is 1. The number of carbonyl (C=O) groups excluding carboxylic acids is 1. The Hall–Kier alpha value is -3.79. The van der Waals surface area contributed by atoms with Crippen LogP contribution in [0.1, 0.15) is 16.7 Å². The molecule has 0 spiro atoms. The van der Waals surface area contributed by atoms with E-state index in [-0.39, 0.29) is 5.91 Å². The molecule has 0 aromatic heterocycles. The zero-order chi connectivity index (χ0) is 18.5. The zero-order valence-electron chi connectivity index (χ0n) is 14.6. The Morgan fingerprint density at radius 1 is 0.741 bits per heavy atom. The second kappa shape index (κ2) is 7.62. The molecular formula is C23H17N3O. The van der Waals surface area contributed by atoms with Crippen molar-refractivity contribution < 1.29 is 4.79 Å². The fraction of sp³-hybridized carbons (Fsp3) is 0. The van der Waals surface area contributed by atoms with Gasteiger partial charge in [0.15, 0.2) is 0 Å². The molecule has 0 aliphatic carbocycles. The topological polar surface area (TPSA) is 45.0 Å². The van der Waals surface area contributed by atoms with Crippen LogP contribution in [0.15, 0.2) is 107 Å². The van der Waals surface area contributed by atoms with Crippen LogP contribution in [0.4, 0.5) is 0 Å². The lowest BCUT2D eigenvalue weighted by Crippen LogP contribution is -2.17. The molecule has 0 atom stereocenters. The second-order valence-corrected chi connectivity index (χ2v) is 6.03. The van der Waals surface area contributed by atoms with Gasteiger partial charge in [-0.1, -0.05) is 91.0 Å². The number of rotatable bonds is 4. The highest BCUT2D eigenvalue weighted by molar-refractivity contribution is 6.33. The molecule has 1 aliphatic heterocycles. The Labute approximate surface area is 157 Å². The van der Waals surface area contributed by atoms with Crippen LogP contribution in [0.3, 0.4) is 0 Å². The van der Waals surface area contributed by atoms with Crippen LogP contribution in [0, 0.1) is 0 Å². The summed E-state index contributed by atoms with van der Waals surface area (Å²) in [5, 5.41) is 9.90. The first-order valence-electron chi connectivity index (χ1n) is 8.66. The summed E-state index contributed by atoms with van der Waals surface area (Å²) < 4.78 is 0. The normalized spacial score (nSPS) is 15.6. The summed E-state index contributed by atoms with van der Waals surface area (Å²) in [5.74, 6) is -0.245. The maximum Gasteiger partial charge on any atom is 0.297 e. The number of nitrogens with zero attached hydrogens (tertiary/aromatic N) is 3. The van der Waals surface area contributed by atoms with Crippen LogP contribution >= 0.6 is 0 Å². The quantitative estimate of drug-likeness (QED) is 0.509. The van der Waals surface area contributed by atoms with E-state index in [4.69, 9.17) is 0 Å². The monoisotopic (exact) mass is 351 g/mol. The predicted molar refractivity (Wildman–Crippen MR) is 108 cm³/mol. The average molecular weight is 351 g/mol. The van der Waals surface area contributed by atoms with Gasteiger partial charge in [0, 0.05) is 5.56 Å². The minimum absolute atomic E-state index is 0.245. The van der Waals surface area contributed by atoms with Gasteiger partial charge in [-0.2, -0.15) is 5.10 Å². The highest BCUT2D eigenvalue weighted by Crippen LogP contribution is 2.23. The number of benzene rings is 3. The van der Waals surface area contributed by atoms with Gasteiger partial charge in [-0.25, -0.2) is 0 Å². The van der Waals surface area contributed by atoms with Gasteiger partial charge in [-0.05, 0) is 17.2 Å². The summed E-state index contributed by atoms with van der Waals surface area (Å²) in [5.41, 5.74) is 3.87. The first-order chi connectivity index (χ1) is 13.3. The van der Waals surface area contributed by atoms with Crippen molar-refractivity contribution in [1.29, 1.82) is 0 Å². The molecule has 1 heterocycles. The lowest BCUT2D eigenvalue weighted by Gasteiger charge is -2.03. The third kappa shape index (κ3) is 3.75.